The molecule has 0 atom stereocenters. The molecular formula is C24H25ClN6O8S2. The number of aryl methyl sites for hydroxylation is 1. The van der Waals surface area contributed by atoms with E-state index in [2.05, 4.69) is 29.2 Å². The molecule has 218 valence electrons. The van der Waals surface area contributed by atoms with E-state index in [1.807, 2.05) is 0 Å². The van der Waals surface area contributed by atoms with Gasteiger partial charge in [-0.1, -0.05) is 29.8 Å². The number of pyridine rings is 2. The lowest BCUT2D eigenvalue weighted by Gasteiger charge is -2.11. The van der Waals surface area contributed by atoms with Gasteiger partial charge >= 0.3 is 5.97 Å². The van der Waals surface area contributed by atoms with Crippen molar-refractivity contribution in [2.45, 2.75) is 9.79 Å². The normalized spacial score (nSPS) is 11.0. The molecule has 0 aliphatic heterocycles. The molecule has 3 aromatic heterocycles. The van der Waals surface area contributed by atoms with E-state index >= 15 is 0 Å². The summed E-state index contributed by atoms with van der Waals surface area (Å²) in [4.78, 5) is 19.4. The van der Waals surface area contributed by atoms with Crippen LogP contribution in [0.25, 0.3) is 0 Å². The second kappa shape index (κ2) is 13.3. The number of nitrogens with one attached hydrogen (secondary N) is 2. The Labute approximate surface area is 241 Å². The van der Waals surface area contributed by atoms with Gasteiger partial charge in [0.1, 0.15) is 4.90 Å². The van der Waals surface area contributed by atoms with Crippen LogP contribution in [0, 0.1) is 0 Å². The first-order chi connectivity index (χ1) is 19.4. The molecule has 4 rings (SSSR count). The Morgan fingerprint density at radius 2 is 1.39 bits per heavy atom. The van der Waals surface area contributed by atoms with Crippen LogP contribution in [0.15, 0.2) is 77.0 Å². The van der Waals surface area contributed by atoms with Crippen LogP contribution < -0.4 is 18.9 Å². The van der Waals surface area contributed by atoms with E-state index in [4.69, 9.17) is 21.1 Å². The van der Waals surface area contributed by atoms with E-state index in [0.717, 1.165) is 0 Å². The van der Waals surface area contributed by atoms with Crippen molar-refractivity contribution in [3.63, 3.8) is 0 Å². The maximum atomic E-state index is 12.2. The number of halogens is 1. The summed E-state index contributed by atoms with van der Waals surface area (Å²) in [5, 5.41) is 4.15. The third-order valence-electron chi connectivity index (χ3n) is 5.04. The maximum absolute atomic E-state index is 12.2. The lowest BCUT2D eigenvalue weighted by molar-refractivity contribution is 0.0600. The number of methoxy groups -OCH3 is 3. The number of sulfonamides is 2. The second-order valence-electron chi connectivity index (χ2n) is 7.84. The fraction of sp³-hybridized carbons (Fsp3) is 0.167. The molecule has 0 radical (unpaired) electrons. The van der Waals surface area contributed by atoms with Crippen LogP contribution in [-0.2, 0) is 31.8 Å². The van der Waals surface area contributed by atoms with Crippen LogP contribution in [-0.4, -0.2) is 63.9 Å². The van der Waals surface area contributed by atoms with Crippen LogP contribution in [0.4, 0.5) is 11.6 Å². The third-order valence-corrected chi connectivity index (χ3v) is 7.90. The maximum Gasteiger partial charge on any atom is 0.339 e. The van der Waals surface area contributed by atoms with Gasteiger partial charge in [0.15, 0.2) is 23.1 Å². The Morgan fingerprint density at radius 1 is 0.829 bits per heavy atom. The number of carbonyl (C=O) groups is 1. The average molecular weight is 625 g/mol. The van der Waals surface area contributed by atoms with Crippen molar-refractivity contribution in [3.05, 3.63) is 77.8 Å². The molecule has 0 fully saturated rings. The van der Waals surface area contributed by atoms with Crippen molar-refractivity contribution < 1.29 is 35.8 Å². The van der Waals surface area contributed by atoms with Crippen LogP contribution in [0.1, 0.15) is 10.4 Å². The topological polar surface area (TPSA) is 181 Å². The minimum atomic E-state index is -3.79. The molecule has 0 amide bonds. The fourth-order valence-corrected chi connectivity index (χ4v) is 5.26. The summed E-state index contributed by atoms with van der Waals surface area (Å²) in [7, 11) is -1.94. The predicted octanol–water partition coefficient (Wildman–Crippen LogP) is 2.96. The van der Waals surface area contributed by atoms with Gasteiger partial charge in [0, 0.05) is 37.8 Å². The van der Waals surface area contributed by atoms with Gasteiger partial charge in [-0.3, -0.25) is 14.1 Å². The number of hydrogen-bond acceptors (Lipinski definition) is 11. The monoisotopic (exact) mass is 624 g/mol. The second-order valence-corrected chi connectivity index (χ2v) is 11.6. The van der Waals surface area contributed by atoms with Crippen LogP contribution in [0.3, 0.4) is 0 Å². The molecule has 0 saturated carbocycles. The summed E-state index contributed by atoms with van der Waals surface area (Å²) >= 11 is 5.75. The molecule has 0 aliphatic rings. The molecular weight excluding hydrogens is 600 g/mol. The summed E-state index contributed by atoms with van der Waals surface area (Å²) in [5.74, 6) is -0.194. The van der Waals surface area contributed by atoms with Crippen molar-refractivity contribution in [2.75, 3.05) is 30.8 Å². The number of hydrogen-bond donors (Lipinski definition) is 2. The van der Waals surface area contributed by atoms with Gasteiger partial charge in [0.2, 0.25) is 0 Å². The van der Waals surface area contributed by atoms with Crippen molar-refractivity contribution in [3.8, 4) is 11.5 Å². The number of nitrogens with zero attached hydrogens (tertiary/aromatic N) is 4. The van der Waals surface area contributed by atoms with E-state index in [9.17, 15) is 21.6 Å². The summed E-state index contributed by atoms with van der Waals surface area (Å²) in [5.41, 5.74) is 0.155. The zero-order valence-electron chi connectivity index (χ0n) is 22.1. The molecule has 3 heterocycles. The van der Waals surface area contributed by atoms with E-state index in [-0.39, 0.29) is 38.5 Å². The number of anilines is 2. The number of carbonyl (C=O) groups excluding carboxylic acids is 1. The number of benzene rings is 1. The number of aromatic nitrogens is 4. The summed E-state index contributed by atoms with van der Waals surface area (Å²) in [6, 6.07) is 10.7. The van der Waals surface area contributed by atoms with E-state index < -0.39 is 26.0 Å². The molecule has 41 heavy (non-hydrogen) atoms. The molecule has 14 nitrogen and oxygen atoms in total. The lowest BCUT2D eigenvalue weighted by atomic mass is 10.3. The van der Waals surface area contributed by atoms with Gasteiger partial charge in [-0.25, -0.2) is 31.6 Å². The highest BCUT2D eigenvalue weighted by Crippen LogP contribution is 2.27. The predicted molar refractivity (Wildman–Crippen MR) is 149 cm³/mol. The molecule has 0 saturated heterocycles. The van der Waals surface area contributed by atoms with Gasteiger partial charge in [0.25, 0.3) is 20.0 Å². The van der Waals surface area contributed by atoms with Crippen molar-refractivity contribution in [1.82, 2.24) is 19.7 Å². The minimum absolute atomic E-state index is 0.0148. The highest BCUT2D eigenvalue weighted by Gasteiger charge is 2.20. The van der Waals surface area contributed by atoms with Gasteiger partial charge in [0.05, 0.1) is 43.0 Å². The number of esters is 1. The molecule has 1 aromatic carbocycles. The van der Waals surface area contributed by atoms with Gasteiger partial charge in [-0.2, -0.15) is 5.10 Å². The molecule has 0 aliphatic carbocycles. The first-order valence-electron chi connectivity index (χ1n) is 11.3. The smallest absolute Gasteiger partial charge is 0.339 e. The van der Waals surface area contributed by atoms with E-state index in [1.165, 1.54) is 75.1 Å². The Bertz CT molecular complexity index is 1730. The standard InChI is InChI=1S/C14H14N2O5S.C10H11ClN4O3S/c1-20-12-8-10(14(17)21-2)9-15-13(12)16-22(18,19)11-6-4-3-5-7-11;1-15-6-8(5-13-15)19(16,17)14-10-9(18-2)3-7(11)4-12-10/h3-9H,1-2H3,(H,15,16);3-6H,1-2H3,(H,12,14). The Balaban J connectivity index is 0.000000228. The molecule has 4 aromatic rings. The highest BCUT2D eigenvalue weighted by atomic mass is 35.5. The zero-order chi connectivity index (χ0) is 30.2. The molecule has 0 bridgehead atoms. The van der Waals surface area contributed by atoms with Crippen molar-refractivity contribution >= 4 is 49.3 Å². The fourth-order valence-electron chi connectivity index (χ4n) is 3.07. The van der Waals surface area contributed by atoms with Crippen LogP contribution in [0.5, 0.6) is 11.5 Å². The number of ether oxygens (including phenoxy) is 3. The Morgan fingerprint density at radius 3 is 1.93 bits per heavy atom. The quantitative estimate of drug-likeness (QED) is 0.261. The SMILES string of the molecule is COC(=O)c1cnc(NS(=O)(=O)c2ccccc2)c(OC)c1.COc1cc(Cl)cnc1NS(=O)(=O)c1cnn(C)c1. The van der Waals surface area contributed by atoms with Crippen LogP contribution in [0.2, 0.25) is 5.02 Å². The summed E-state index contributed by atoms with van der Waals surface area (Å²) in [6.45, 7) is 0. The van der Waals surface area contributed by atoms with Crippen molar-refractivity contribution in [1.29, 1.82) is 0 Å². The minimum Gasteiger partial charge on any atom is -0.493 e. The molecule has 0 spiro atoms. The van der Waals surface area contributed by atoms with Gasteiger partial charge < -0.3 is 14.2 Å². The van der Waals surface area contributed by atoms with E-state index in [0.29, 0.717) is 5.02 Å². The lowest BCUT2D eigenvalue weighted by Crippen LogP contribution is -2.15. The molecule has 17 heteroatoms. The summed E-state index contributed by atoms with van der Waals surface area (Å²) in [6.07, 6.45) is 5.15. The molecule has 0 unspecified atom stereocenters. The Hall–Kier alpha value is -4.41. The molecule has 2 N–H and O–H groups in total. The first kappa shape index (κ1) is 31.1. The number of rotatable bonds is 9. The first-order valence-corrected chi connectivity index (χ1v) is 14.7. The largest absolute Gasteiger partial charge is 0.493 e. The zero-order valence-corrected chi connectivity index (χ0v) is 24.5. The van der Waals surface area contributed by atoms with Gasteiger partial charge in [-0.05, 0) is 12.1 Å². The highest BCUT2D eigenvalue weighted by molar-refractivity contribution is 7.93. The summed E-state index contributed by atoms with van der Waals surface area (Å²) < 4.78 is 69.3. The van der Waals surface area contributed by atoms with Crippen LogP contribution >= 0.6 is 11.6 Å². The van der Waals surface area contributed by atoms with E-state index in [1.54, 1.807) is 25.2 Å². The van der Waals surface area contributed by atoms with Gasteiger partial charge in [-0.15, -0.1) is 0 Å². The third kappa shape index (κ3) is 8.06. The average Bonchev–Trinajstić information content (AvgIpc) is 3.41. The Kier molecular flexibility index (Phi) is 10.1. The van der Waals surface area contributed by atoms with Crippen molar-refractivity contribution in [2.24, 2.45) is 7.05 Å².